The lowest BCUT2D eigenvalue weighted by Crippen LogP contribution is -2.34. The van der Waals surface area contributed by atoms with Gasteiger partial charge in [0.15, 0.2) is 5.69 Å². The van der Waals surface area contributed by atoms with Gasteiger partial charge in [0, 0.05) is 11.9 Å². The van der Waals surface area contributed by atoms with Crippen LogP contribution in [0.2, 0.25) is 0 Å². The van der Waals surface area contributed by atoms with Crippen molar-refractivity contribution in [3.05, 3.63) is 40.3 Å². The number of hydrogen-bond donors (Lipinski definition) is 1. The standard InChI is InChI=1S/C21H29N3O3/c1-14(2)24-21(26)17-10-6-5-9-16(17)19(23-24)20(25)22-12-13-27-18-11-7-4-8-15(18)3/h5-6,9-10,14-15,18H,4,7-8,11-13H2,1-3H3,(H,22,25)/t15-,18+/m0/s1. The molecule has 0 spiro atoms. The van der Waals surface area contributed by atoms with Crippen molar-refractivity contribution < 1.29 is 9.53 Å². The summed E-state index contributed by atoms with van der Waals surface area (Å²) in [6.45, 7) is 6.91. The molecule has 1 amide bonds. The SMILES string of the molecule is CC(C)n1nc(C(=O)NCCO[C@@H]2CCCC[C@@H]2C)c2ccccc2c1=O. The van der Waals surface area contributed by atoms with Crippen molar-refractivity contribution in [1.82, 2.24) is 15.1 Å². The van der Waals surface area contributed by atoms with Crippen molar-refractivity contribution in [3.8, 4) is 0 Å². The number of nitrogens with zero attached hydrogens (tertiary/aromatic N) is 2. The van der Waals surface area contributed by atoms with Gasteiger partial charge >= 0.3 is 0 Å². The van der Waals surface area contributed by atoms with Gasteiger partial charge in [0.05, 0.1) is 24.1 Å². The van der Waals surface area contributed by atoms with Gasteiger partial charge in [0.1, 0.15) is 0 Å². The Hall–Kier alpha value is -2.21. The van der Waals surface area contributed by atoms with E-state index < -0.39 is 0 Å². The van der Waals surface area contributed by atoms with Crippen molar-refractivity contribution in [2.45, 2.75) is 58.6 Å². The van der Waals surface area contributed by atoms with E-state index in [0.29, 0.717) is 29.8 Å². The van der Waals surface area contributed by atoms with E-state index in [1.54, 1.807) is 18.2 Å². The summed E-state index contributed by atoms with van der Waals surface area (Å²) in [6, 6.07) is 7.00. The normalized spacial score (nSPS) is 20.1. The van der Waals surface area contributed by atoms with Gasteiger partial charge in [-0.3, -0.25) is 9.59 Å². The maximum absolute atomic E-state index is 12.7. The molecule has 0 unspecified atom stereocenters. The Kier molecular flexibility index (Phi) is 6.26. The van der Waals surface area contributed by atoms with Gasteiger partial charge in [-0.15, -0.1) is 0 Å². The van der Waals surface area contributed by atoms with Crippen molar-refractivity contribution in [3.63, 3.8) is 0 Å². The predicted octanol–water partition coefficient (Wildman–Crippen LogP) is 3.30. The van der Waals surface area contributed by atoms with Crippen molar-refractivity contribution in [1.29, 1.82) is 0 Å². The molecule has 1 aliphatic carbocycles. The molecule has 0 bridgehead atoms. The summed E-state index contributed by atoms with van der Waals surface area (Å²) >= 11 is 0. The summed E-state index contributed by atoms with van der Waals surface area (Å²) in [5.41, 5.74) is 0.108. The lowest BCUT2D eigenvalue weighted by atomic mass is 9.88. The highest BCUT2D eigenvalue weighted by Gasteiger charge is 2.22. The largest absolute Gasteiger partial charge is 0.376 e. The van der Waals surface area contributed by atoms with Crippen molar-refractivity contribution in [2.24, 2.45) is 5.92 Å². The molecule has 1 N–H and O–H groups in total. The summed E-state index contributed by atoms with van der Waals surface area (Å²) in [7, 11) is 0. The van der Waals surface area contributed by atoms with Gasteiger partial charge in [-0.1, -0.05) is 38.0 Å². The van der Waals surface area contributed by atoms with Crippen LogP contribution in [0.1, 0.15) is 63.0 Å². The quantitative estimate of drug-likeness (QED) is 0.791. The van der Waals surface area contributed by atoms with Crippen LogP contribution in [0, 0.1) is 5.92 Å². The molecular formula is C21H29N3O3. The lowest BCUT2D eigenvalue weighted by molar-refractivity contribution is -0.00295. The zero-order valence-electron chi connectivity index (χ0n) is 16.4. The zero-order chi connectivity index (χ0) is 19.4. The van der Waals surface area contributed by atoms with E-state index >= 15 is 0 Å². The molecule has 27 heavy (non-hydrogen) atoms. The van der Waals surface area contributed by atoms with Gasteiger partial charge in [-0.25, -0.2) is 4.68 Å². The maximum atomic E-state index is 12.7. The number of rotatable bonds is 6. The average molecular weight is 371 g/mol. The van der Waals surface area contributed by atoms with Gasteiger partial charge in [-0.05, 0) is 38.7 Å². The second-order valence-electron chi connectivity index (χ2n) is 7.66. The number of ether oxygens (including phenoxy) is 1. The van der Waals surface area contributed by atoms with E-state index in [1.807, 2.05) is 19.9 Å². The number of nitrogens with one attached hydrogen (secondary N) is 1. The number of fused-ring (bicyclic) bond motifs is 1. The summed E-state index contributed by atoms with van der Waals surface area (Å²) < 4.78 is 7.33. The molecular weight excluding hydrogens is 342 g/mol. The first-order chi connectivity index (χ1) is 13.0. The topological polar surface area (TPSA) is 73.2 Å². The average Bonchev–Trinajstić information content (AvgIpc) is 2.66. The molecule has 0 radical (unpaired) electrons. The van der Waals surface area contributed by atoms with E-state index in [4.69, 9.17) is 4.74 Å². The van der Waals surface area contributed by atoms with Crippen LogP contribution in [-0.2, 0) is 4.74 Å². The smallest absolute Gasteiger partial charge is 0.274 e. The van der Waals surface area contributed by atoms with Crippen molar-refractivity contribution >= 4 is 16.7 Å². The predicted molar refractivity (Wildman–Crippen MR) is 106 cm³/mol. The Bertz CT molecular complexity index is 859. The van der Waals surface area contributed by atoms with Gasteiger partial charge < -0.3 is 10.1 Å². The highest BCUT2D eigenvalue weighted by molar-refractivity contribution is 6.04. The number of benzene rings is 1. The minimum Gasteiger partial charge on any atom is -0.376 e. The second kappa shape index (κ2) is 8.65. The summed E-state index contributed by atoms with van der Waals surface area (Å²) in [4.78, 5) is 25.3. The molecule has 2 aromatic rings. The lowest BCUT2D eigenvalue weighted by Gasteiger charge is -2.28. The molecule has 1 aliphatic rings. The summed E-state index contributed by atoms with van der Waals surface area (Å²) in [5, 5.41) is 8.32. The van der Waals surface area contributed by atoms with Crippen LogP contribution in [0.4, 0.5) is 0 Å². The van der Waals surface area contributed by atoms with Gasteiger partial charge in [-0.2, -0.15) is 5.10 Å². The van der Waals surface area contributed by atoms with E-state index in [-0.39, 0.29) is 29.3 Å². The second-order valence-corrected chi connectivity index (χ2v) is 7.66. The van der Waals surface area contributed by atoms with E-state index in [1.165, 1.54) is 23.9 Å². The van der Waals surface area contributed by atoms with E-state index in [0.717, 1.165) is 6.42 Å². The van der Waals surface area contributed by atoms with E-state index in [2.05, 4.69) is 17.3 Å². The van der Waals surface area contributed by atoms with Crippen LogP contribution < -0.4 is 10.9 Å². The third-order valence-electron chi connectivity index (χ3n) is 5.28. The molecule has 0 saturated heterocycles. The molecule has 6 nitrogen and oxygen atoms in total. The number of hydrogen-bond acceptors (Lipinski definition) is 4. The Morgan fingerprint density at radius 2 is 1.96 bits per heavy atom. The molecule has 2 atom stereocenters. The van der Waals surface area contributed by atoms with Crippen LogP contribution in [0.5, 0.6) is 0 Å². The molecule has 6 heteroatoms. The summed E-state index contributed by atoms with van der Waals surface area (Å²) in [5.74, 6) is 0.301. The first-order valence-corrected chi connectivity index (χ1v) is 9.90. The first-order valence-electron chi connectivity index (χ1n) is 9.90. The highest BCUT2D eigenvalue weighted by atomic mass is 16.5. The maximum Gasteiger partial charge on any atom is 0.274 e. The van der Waals surface area contributed by atoms with Gasteiger partial charge in [0.2, 0.25) is 0 Å². The fourth-order valence-electron chi connectivity index (χ4n) is 3.71. The number of carbonyl (C=O) groups is 1. The van der Waals surface area contributed by atoms with Gasteiger partial charge in [0.25, 0.3) is 11.5 Å². The Morgan fingerprint density at radius 3 is 2.67 bits per heavy atom. The highest BCUT2D eigenvalue weighted by Crippen LogP contribution is 2.26. The van der Waals surface area contributed by atoms with Crippen LogP contribution in [0.25, 0.3) is 10.8 Å². The molecule has 1 heterocycles. The Morgan fingerprint density at radius 1 is 1.26 bits per heavy atom. The van der Waals surface area contributed by atoms with E-state index in [9.17, 15) is 9.59 Å². The van der Waals surface area contributed by atoms with Crippen LogP contribution >= 0.6 is 0 Å². The molecule has 0 aliphatic heterocycles. The third kappa shape index (κ3) is 4.38. The molecule has 1 aromatic carbocycles. The molecule has 1 saturated carbocycles. The summed E-state index contributed by atoms with van der Waals surface area (Å²) in [6.07, 6.45) is 5.10. The fraction of sp³-hybridized carbons (Fsp3) is 0.571. The molecule has 146 valence electrons. The van der Waals surface area contributed by atoms with Crippen molar-refractivity contribution in [2.75, 3.05) is 13.2 Å². The first kappa shape index (κ1) is 19.5. The van der Waals surface area contributed by atoms with Crippen LogP contribution in [0.3, 0.4) is 0 Å². The zero-order valence-corrected chi connectivity index (χ0v) is 16.4. The van der Waals surface area contributed by atoms with Crippen LogP contribution in [-0.4, -0.2) is 34.9 Å². The third-order valence-corrected chi connectivity index (χ3v) is 5.28. The Labute approximate surface area is 159 Å². The fourth-order valence-corrected chi connectivity index (χ4v) is 3.71. The molecule has 1 fully saturated rings. The number of amides is 1. The molecule has 3 rings (SSSR count). The monoisotopic (exact) mass is 371 g/mol. The van der Waals surface area contributed by atoms with Crippen LogP contribution in [0.15, 0.2) is 29.1 Å². The Balaban J connectivity index is 1.70. The minimum atomic E-state index is -0.277. The number of carbonyl (C=O) groups excluding carboxylic acids is 1. The molecule has 1 aromatic heterocycles. The number of aromatic nitrogens is 2. The minimum absolute atomic E-state index is 0.121.